The van der Waals surface area contributed by atoms with Gasteiger partial charge in [0.1, 0.15) is 16.8 Å². The molecule has 1 aliphatic heterocycles. The number of ether oxygens (including phenoxy) is 1. The second-order valence-corrected chi connectivity index (χ2v) is 14.3. The highest BCUT2D eigenvalue weighted by atomic mass is 35.5. The van der Waals surface area contributed by atoms with E-state index in [1.54, 1.807) is 42.5 Å². The van der Waals surface area contributed by atoms with Gasteiger partial charge in [0, 0.05) is 47.4 Å². The van der Waals surface area contributed by atoms with Crippen molar-refractivity contribution in [3.8, 4) is 0 Å². The van der Waals surface area contributed by atoms with E-state index in [1.807, 2.05) is 20.8 Å². The van der Waals surface area contributed by atoms with Gasteiger partial charge in [0.2, 0.25) is 15.9 Å². The van der Waals surface area contributed by atoms with Gasteiger partial charge >= 0.3 is 6.09 Å². The Kier molecular flexibility index (Phi) is 12.1. The number of amides is 2. The summed E-state index contributed by atoms with van der Waals surface area (Å²) in [6.07, 6.45) is -0.415. The minimum atomic E-state index is -3.97. The molecule has 3 aromatic rings. The fourth-order valence-corrected chi connectivity index (χ4v) is 8.50. The molecule has 4 atom stereocenters. The maximum absolute atomic E-state index is 15.4. The zero-order chi connectivity index (χ0) is 33.6. The lowest BCUT2D eigenvalue weighted by Gasteiger charge is -2.40. The van der Waals surface area contributed by atoms with Gasteiger partial charge in [-0.2, -0.15) is 4.31 Å². The number of anilines is 1. The normalized spacial score (nSPS) is 18.5. The van der Waals surface area contributed by atoms with E-state index in [4.69, 9.17) is 27.9 Å². The molecule has 1 saturated heterocycles. The molecular formula is C33H39Cl2FN4O5S. The largest absolute Gasteiger partial charge is 0.453 e. The van der Waals surface area contributed by atoms with Crippen molar-refractivity contribution in [2.75, 3.05) is 25.5 Å². The predicted octanol–water partition coefficient (Wildman–Crippen LogP) is 6.22. The van der Waals surface area contributed by atoms with Gasteiger partial charge in [-0.1, -0.05) is 67.4 Å². The quantitative estimate of drug-likeness (QED) is 0.220. The Bertz CT molecular complexity index is 1640. The third-order valence-electron chi connectivity index (χ3n) is 8.18. The maximum Gasteiger partial charge on any atom is 0.407 e. The molecule has 4 rings (SSSR count). The van der Waals surface area contributed by atoms with Crippen molar-refractivity contribution in [1.29, 1.82) is 0 Å². The number of benzene rings is 3. The van der Waals surface area contributed by atoms with Crippen LogP contribution >= 0.6 is 23.2 Å². The zero-order valence-corrected chi connectivity index (χ0v) is 28.4. The van der Waals surface area contributed by atoms with Crippen LogP contribution in [0.15, 0.2) is 71.6 Å². The lowest BCUT2D eigenvalue weighted by atomic mass is 9.82. The monoisotopic (exact) mass is 692 g/mol. The van der Waals surface area contributed by atoms with Gasteiger partial charge in [-0.15, -0.1) is 0 Å². The molecule has 9 nitrogen and oxygen atoms in total. The minimum Gasteiger partial charge on any atom is -0.453 e. The van der Waals surface area contributed by atoms with Crippen LogP contribution in [0.2, 0.25) is 10.0 Å². The standard InChI is InChI=1S/C33H39Cl2FN4O5S/c1-20(2)30(22-12-14-23(34)15-13-22)31(39-33(42)45-4)32(41)38-28-10-7-9-27(36)25(28)17-16-24-19-37-18-21(3)40(24)46(43,44)29-11-6-5-8-26(29)35/h5-15,20-21,24,30-31,37H,16-19H2,1-4H3,(H,38,41)(H,39,42)/t21-,24-,30?,31-/m0/s1. The molecule has 1 heterocycles. The van der Waals surface area contributed by atoms with Crippen molar-refractivity contribution in [3.63, 3.8) is 0 Å². The van der Waals surface area contributed by atoms with Crippen molar-refractivity contribution in [2.24, 2.45) is 5.92 Å². The van der Waals surface area contributed by atoms with Crippen LogP contribution in [-0.4, -0.2) is 63.0 Å². The Morgan fingerprint density at radius 2 is 1.74 bits per heavy atom. The summed E-state index contributed by atoms with van der Waals surface area (Å²) in [7, 11) is -2.76. The molecule has 3 N–H and O–H groups in total. The number of carbonyl (C=O) groups excluding carboxylic acids is 2. The molecule has 1 unspecified atom stereocenters. The van der Waals surface area contributed by atoms with Gasteiger partial charge in [-0.05, 0) is 67.6 Å². The molecule has 13 heteroatoms. The van der Waals surface area contributed by atoms with Gasteiger partial charge in [0.25, 0.3) is 0 Å². The molecule has 0 aliphatic carbocycles. The molecule has 1 fully saturated rings. The summed E-state index contributed by atoms with van der Waals surface area (Å²) < 4.78 is 49.3. The van der Waals surface area contributed by atoms with Gasteiger partial charge in [0.05, 0.1) is 12.1 Å². The van der Waals surface area contributed by atoms with Crippen LogP contribution in [0.4, 0.5) is 14.9 Å². The lowest BCUT2D eigenvalue weighted by molar-refractivity contribution is -0.118. The predicted molar refractivity (Wildman–Crippen MR) is 178 cm³/mol. The summed E-state index contributed by atoms with van der Waals surface area (Å²) in [5.41, 5.74) is 1.21. The molecule has 0 saturated carbocycles. The van der Waals surface area contributed by atoms with Gasteiger partial charge in [-0.25, -0.2) is 17.6 Å². The van der Waals surface area contributed by atoms with Gasteiger partial charge in [0.15, 0.2) is 0 Å². The first-order valence-corrected chi connectivity index (χ1v) is 17.2. The number of rotatable bonds is 11. The first-order chi connectivity index (χ1) is 21.8. The van der Waals surface area contributed by atoms with Gasteiger partial charge < -0.3 is 20.7 Å². The number of alkyl carbamates (subject to hydrolysis) is 1. The van der Waals surface area contributed by atoms with E-state index in [9.17, 15) is 18.0 Å². The molecule has 2 amide bonds. The molecular weight excluding hydrogens is 654 g/mol. The number of hydrogen-bond acceptors (Lipinski definition) is 6. The zero-order valence-electron chi connectivity index (χ0n) is 26.1. The number of piperazine rings is 1. The number of sulfonamides is 1. The number of nitrogens with one attached hydrogen (secondary N) is 3. The van der Waals surface area contributed by atoms with Crippen LogP contribution in [0.25, 0.3) is 0 Å². The second kappa shape index (κ2) is 15.6. The molecule has 0 spiro atoms. The van der Waals surface area contributed by atoms with Crippen LogP contribution in [0, 0.1) is 11.7 Å². The molecule has 0 aromatic heterocycles. The van der Waals surface area contributed by atoms with Crippen LogP contribution in [-0.2, 0) is 26.0 Å². The van der Waals surface area contributed by atoms with Crippen LogP contribution in [0.5, 0.6) is 0 Å². The number of nitrogens with zero attached hydrogens (tertiary/aromatic N) is 1. The number of halogens is 3. The smallest absolute Gasteiger partial charge is 0.407 e. The summed E-state index contributed by atoms with van der Waals surface area (Å²) in [5.74, 6) is -1.70. The third-order valence-corrected chi connectivity index (χ3v) is 11.0. The minimum absolute atomic E-state index is 0.0128. The van der Waals surface area contributed by atoms with Crippen molar-refractivity contribution in [2.45, 2.75) is 62.6 Å². The highest BCUT2D eigenvalue weighted by Gasteiger charge is 2.39. The van der Waals surface area contributed by atoms with Crippen molar-refractivity contribution in [1.82, 2.24) is 14.9 Å². The van der Waals surface area contributed by atoms with E-state index in [0.29, 0.717) is 18.1 Å². The Balaban J connectivity index is 1.62. The average molecular weight is 694 g/mol. The summed E-state index contributed by atoms with van der Waals surface area (Å²) in [4.78, 5) is 26.3. The number of hydrogen-bond donors (Lipinski definition) is 3. The number of carbonyl (C=O) groups is 2. The molecule has 3 aromatic carbocycles. The fourth-order valence-electron chi connectivity index (χ4n) is 6.03. The molecule has 0 bridgehead atoms. The topological polar surface area (TPSA) is 117 Å². The number of methoxy groups -OCH3 is 1. The Morgan fingerprint density at radius 3 is 2.39 bits per heavy atom. The summed E-state index contributed by atoms with van der Waals surface area (Å²) in [5, 5.41) is 9.40. The first-order valence-electron chi connectivity index (χ1n) is 15.0. The first kappa shape index (κ1) is 35.6. The second-order valence-electron chi connectivity index (χ2n) is 11.7. The van der Waals surface area contributed by atoms with E-state index in [0.717, 1.165) is 5.56 Å². The summed E-state index contributed by atoms with van der Waals surface area (Å²) >= 11 is 12.4. The SMILES string of the molecule is COC(=O)N[C@H](C(=O)Nc1cccc(F)c1CC[C@H]1CNC[C@H](C)N1S(=O)(=O)c1ccccc1Cl)C(c1ccc(Cl)cc1)C(C)C. The average Bonchev–Trinajstić information content (AvgIpc) is 3.01. The van der Waals surface area contributed by atoms with E-state index in [2.05, 4.69) is 16.0 Å². The summed E-state index contributed by atoms with van der Waals surface area (Å²) in [6.45, 7) is 6.46. The maximum atomic E-state index is 15.4. The van der Waals surface area contributed by atoms with Crippen LogP contribution in [0.1, 0.15) is 44.2 Å². The lowest BCUT2D eigenvalue weighted by Crippen LogP contribution is -2.58. The molecule has 0 radical (unpaired) electrons. The van der Waals surface area contributed by atoms with Crippen molar-refractivity contribution < 1.29 is 27.1 Å². The van der Waals surface area contributed by atoms with E-state index in [-0.39, 0.29) is 46.0 Å². The molecule has 248 valence electrons. The fraction of sp³-hybridized carbons (Fsp3) is 0.394. The van der Waals surface area contributed by atoms with Crippen LogP contribution < -0.4 is 16.0 Å². The Labute approximate surface area is 279 Å². The summed E-state index contributed by atoms with van der Waals surface area (Å²) in [6, 6.07) is 15.7. The highest BCUT2D eigenvalue weighted by Crippen LogP contribution is 2.33. The van der Waals surface area contributed by atoms with Crippen LogP contribution in [0.3, 0.4) is 0 Å². The van der Waals surface area contributed by atoms with Crippen molar-refractivity contribution >= 4 is 50.9 Å². The van der Waals surface area contributed by atoms with Gasteiger partial charge in [-0.3, -0.25) is 4.79 Å². The van der Waals surface area contributed by atoms with E-state index >= 15 is 4.39 Å². The Morgan fingerprint density at radius 1 is 1.04 bits per heavy atom. The van der Waals surface area contributed by atoms with E-state index < -0.39 is 45.8 Å². The molecule has 46 heavy (non-hydrogen) atoms. The Hall–Kier alpha value is -3.22. The van der Waals surface area contributed by atoms with Crippen molar-refractivity contribution in [3.05, 3.63) is 93.7 Å². The highest BCUT2D eigenvalue weighted by molar-refractivity contribution is 7.89. The van der Waals surface area contributed by atoms with E-state index in [1.165, 1.54) is 35.7 Å². The third kappa shape index (κ3) is 8.19. The molecule has 1 aliphatic rings.